The number of nitrogens with one attached hydrogen (secondary N) is 1. The maximum Gasteiger partial charge on any atom is 0.417 e. The molecule has 4 nitrogen and oxygen atoms in total. The molecule has 0 aliphatic rings. The highest BCUT2D eigenvalue weighted by molar-refractivity contribution is 7.15. The molecule has 3 rings (SSSR count). The quantitative estimate of drug-likeness (QED) is 0.685. The van der Waals surface area contributed by atoms with Crippen molar-refractivity contribution in [1.82, 2.24) is 5.32 Å². The number of aliphatic hydroxyl groups is 1. The number of thiophene rings is 1. The number of carbonyl (C=O) groups is 1. The molecule has 2 aromatic heterocycles. The Balaban J connectivity index is 1.67. The second-order valence-corrected chi connectivity index (χ2v) is 6.56. The second kappa shape index (κ2) is 7.35. The molecule has 1 aromatic carbocycles. The summed E-state index contributed by atoms with van der Waals surface area (Å²) < 4.78 is 44.2. The summed E-state index contributed by atoms with van der Waals surface area (Å²) in [5.41, 5.74) is -1.49. The van der Waals surface area contributed by atoms with Gasteiger partial charge in [-0.3, -0.25) is 4.79 Å². The molecule has 1 atom stereocenters. The van der Waals surface area contributed by atoms with E-state index in [1.165, 1.54) is 29.7 Å². The Kier molecular flexibility index (Phi) is 5.15. The SMILES string of the molecule is O=C(NCC(O)c1ccc(-c2ccco2)s1)c1ccccc1C(F)(F)F. The number of amides is 1. The van der Waals surface area contributed by atoms with Crippen LogP contribution in [0.4, 0.5) is 13.2 Å². The lowest BCUT2D eigenvalue weighted by Gasteiger charge is -2.14. The molecule has 0 saturated heterocycles. The van der Waals surface area contributed by atoms with Crippen LogP contribution in [-0.4, -0.2) is 17.6 Å². The zero-order valence-corrected chi connectivity index (χ0v) is 14.1. The molecule has 1 unspecified atom stereocenters. The van der Waals surface area contributed by atoms with Crippen LogP contribution < -0.4 is 5.32 Å². The first-order valence-electron chi connectivity index (χ1n) is 7.62. The smallest absolute Gasteiger partial charge is 0.417 e. The molecule has 0 radical (unpaired) electrons. The number of rotatable bonds is 5. The molecule has 1 amide bonds. The molecule has 0 aliphatic heterocycles. The Hall–Kier alpha value is -2.58. The van der Waals surface area contributed by atoms with Gasteiger partial charge >= 0.3 is 6.18 Å². The minimum absolute atomic E-state index is 0.205. The summed E-state index contributed by atoms with van der Waals surface area (Å²) in [6.07, 6.45) is -4.13. The maximum atomic E-state index is 13.0. The van der Waals surface area contributed by atoms with E-state index in [-0.39, 0.29) is 6.54 Å². The number of hydrogen-bond acceptors (Lipinski definition) is 4. The van der Waals surface area contributed by atoms with Crippen molar-refractivity contribution in [3.63, 3.8) is 0 Å². The van der Waals surface area contributed by atoms with Gasteiger partial charge in [0.15, 0.2) is 0 Å². The molecule has 0 aliphatic carbocycles. The predicted molar refractivity (Wildman–Crippen MR) is 90.8 cm³/mol. The summed E-state index contributed by atoms with van der Waals surface area (Å²) >= 11 is 1.28. The number of benzene rings is 1. The van der Waals surface area contributed by atoms with Crippen LogP contribution in [-0.2, 0) is 6.18 Å². The van der Waals surface area contributed by atoms with Gasteiger partial charge in [-0.2, -0.15) is 13.2 Å². The first-order chi connectivity index (χ1) is 12.4. The van der Waals surface area contributed by atoms with Gasteiger partial charge in [0.2, 0.25) is 0 Å². The molecule has 0 bridgehead atoms. The zero-order valence-electron chi connectivity index (χ0n) is 13.3. The van der Waals surface area contributed by atoms with Crippen molar-refractivity contribution in [2.45, 2.75) is 12.3 Å². The molecule has 2 heterocycles. The van der Waals surface area contributed by atoms with E-state index in [4.69, 9.17) is 4.42 Å². The van der Waals surface area contributed by atoms with E-state index in [2.05, 4.69) is 5.32 Å². The average Bonchev–Trinajstić information content (AvgIpc) is 3.29. The lowest BCUT2D eigenvalue weighted by Crippen LogP contribution is -2.30. The number of furan rings is 1. The van der Waals surface area contributed by atoms with E-state index in [1.54, 1.807) is 24.3 Å². The van der Waals surface area contributed by atoms with Crippen LogP contribution in [0.5, 0.6) is 0 Å². The number of aliphatic hydroxyl groups excluding tert-OH is 1. The molecular weight excluding hydrogens is 367 g/mol. The van der Waals surface area contributed by atoms with Gasteiger partial charge in [0, 0.05) is 11.4 Å². The number of carbonyl (C=O) groups excluding carboxylic acids is 1. The van der Waals surface area contributed by atoms with Crippen LogP contribution >= 0.6 is 11.3 Å². The minimum Gasteiger partial charge on any atom is -0.464 e. The summed E-state index contributed by atoms with van der Waals surface area (Å²) in [6, 6.07) is 11.5. The van der Waals surface area contributed by atoms with Crippen molar-refractivity contribution in [2.24, 2.45) is 0 Å². The van der Waals surface area contributed by atoms with Crippen molar-refractivity contribution in [1.29, 1.82) is 0 Å². The molecule has 26 heavy (non-hydrogen) atoms. The van der Waals surface area contributed by atoms with Gasteiger partial charge in [-0.1, -0.05) is 12.1 Å². The molecule has 0 fully saturated rings. The fraction of sp³-hybridized carbons (Fsp3) is 0.167. The molecule has 8 heteroatoms. The van der Waals surface area contributed by atoms with Gasteiger partial charge in [0.05, 0.1) is 22.3 Å². The largest absolute Gasteiger partial charge is 0.464 e. The van der Waals surface area contributed by atoms with Crippen LogP contribution in [0.15, 0.2) is 59.2 Å². The predicted octanol–water partition coefficient (Wildman–Crippen LogP) is 4.49. The van der Waals surface area contributed by atoms with E-state index in [1.807, 2.05) is 0 Å². The van der Waals surface area contributed by atoms with Crippen molar-refractivity contribution < 1.29 is 27.5 Å². The lowest BCUT2D eigenvalue weighted by atomic mass is 10.1. The van der Waals surface area contributed by atoms with Crippen LogP contribution in [0.1, 0.15) is 26.9 Å². The summed E-state index contributed by atoms with van der Waals surface area (Å²) in [5, 5.41) is 12.5. The Bertz CT molecular complexity index is 887. The normalized spacial score (nSPS) is 12.8. The minimum atomic E-state index is -4.63. The van der Waals surface area contributed by atoms with Crippen molar-refractivity contribution in [3.8, 4) is 10.6 Å². The van der Waals surface area contributed by atoms with Gasteiger partial charge in [0.25, 0.3) is 5.91 Å². The summed E-state index contributed by atoms with van der Waals surface area (Å²) in [5.74, 6) is -0.239. The highest BCUT2D eigenvalue weighted by Crippen LogP contribution is 2.33. The summed E-state index contributed by atoms with van der Waals surface area (Å²) in [6.45, 7) is -0.205. The topological polar surface area (TPSA) is 62.5 Å². The molecule has 3 aromatic rings. The van der Waals surface area contributed by atoms with Crippen molar-refractivity contribution >= 4 is 17.2 Å². The van der Waals surface area contributed by atoms with Gasteiger partial charge in [-0.25, -0.2) is 0 Å². The zero-order chi connectivity index (χ0) is 18.7. The first kappa shape index (κ1) is 18.2. The summed E-state index contributed by atoms with van der Waals surface area (Å²) in [4.78, 5) is 13.5. The van der Waals surface area contributed by atoms with Crippen molar-refractivity contribution in [3.05, 3.63) is 70.8 Å². The van der Waals surface area contributed by atoms with E-state index in [9.17, 15) is 23.1 Å². The molecule has 0 spiro atoms. The van der Waals surface area contributed by atoms with E-state index >= 15 is 0 Å². The fourth-order valence-electron chi connectivity index (χ4n) is 2.40. The standard InChI is InChI=1S/C18H14F3NO3S/c19-18(20,21)12-5-2-1-4-11(12)17(24)22-10-13(23)15-7-8-16(26-15)14-6-3-9-25-14/h1-9,13,23H,10H2,(H,22,24). The van der Waals surface area contributed by atoms with Crippen LogP contribution in [0.2, 0.25) is 0 Å². The second-order valence-electron chi connectivity index (χ2n) is 5.45. The third kappa shape index (κ3) is 3.97. The van der Waals surface area contributed by atoms with Crippen LogP contribution in [0, 0.1) is 0 Å². The van der Waals surface area contributed by atoms with Gasteiger partial charge in [0.1, 0.15) is 11.9 Å². The Labute approximate surface area is 150 Å². The molecule has 0 saturated carbocycles. The molecular formula is C18H14F3NO3S. The summed E-state index contributed by atoms with van der Waals surface area (Å²) in [7, 11) is 0. The van der Waals surface area contributed by atoms with Crippen LogP contribution in [0.3, 0.4) is 0 Å². The van der Waals surface area contributed by atoms with Gasteiger partial charge in [-0.15, -0.1) is 11.3 Å². The fourth-order valence-corrected chi connectivity index (χ4v) is 3.36. The van der Waals surface area contributed by atoms with Crippen molar-refractivity contribution in [2.75, 3.05) is 6.54 Å². The third-order valence-electron chi connectivity index (χ3n) is 3.65. The number of hydrogen-bond donors (Lipinski definition) is 2. The first-order valence-corrected chi connectivity index (χ1v) is 8.44. The third-order valence-corrected chi connectivity index (χ3v) is 4.85. The Morgan fingerprint density at radius 2 is 1.92 bits per heavy atom. The van der Waals surface area contributed by atoms with E-state index in [0.29, 0.717) is 10.6 Å². The van der Waals surface area contributed by atoms with Crippen LogP contribution in [0.25, 0.3) is 10.6 Å². The Morgan fingerprint density at radius 1 is 1.15 bits per heavy atom. The lowest BCUT2D eigenvalue weighted by molar-refractivity contribution is -0.137. The van der Waals surface area contributed by atoms with E-state index < -0.39 is 29.3 Å². The monoisotopic (exact) mass is 381 g/mol. The Morgan fingerprint density at radius 3 is 2.62 bits per heavy atom. The highest BCUT2D eigenvalue weighted by Gasteiger charge is 2.34. The number of halogens is 3. The highest BCUT2D eigenvalue weighted by atomic mass is 32.1. The number of alkyl halides is 3. The van der Waals surface area contributed by atoms with E-state index in [0.717, 1.165) is 17.0 Å². The maximum absolute atomic E-state index is 13.0. The molecule has 2 N–H and O–H groups in total. The van der Waals surface area contributed by atoms with Gasteiger partial charge < -0.3 is 14.8 Å². The average molecular weight is 381 g/mol. The van der Waals surface area contributed by atoms with Gasteiger partial charge in [-0.05, 0) is 36.4 Å². The molecule has 136 valence electrons.